The van der Waals surface area contributed by atoms with Gasteiger partial charge in [-0.05, 0) is 42.5 Å². The van der Waals surface area contributed by atoms with E-state index in [-0.39, 0.29) is 24.8 Å². The van der Waals surface area contributed by atoms with Crippen molar-refractivity contribution in [3.8, 4) is 5.75 Å². The smallest absolute Gasteiger partial charge is 0.266 e. The van der Waals surface area contributed by atoms with Gasteiger partial charge in [0, 0.05) is 26.2 Å². The van der Waals surface area contributed by atoms with Gasteiger partial charge in [-0.3, -0.25) is 14.0 Å². The number of hydrogen-bond donors (Lipinski definition) is 0. The first-order valence-corrected chi connectivity index (χ1v) is 8.02. The first-order valence-electron chi connectivity index (χ1n) is 8.02. The molecule has 5 nitrogen and oxygen atoms in total. The van der Waals surface area contributed by atoms with E-state index in [0.717, 1.165) is 10.6 Å². The van der Waals surface area contributed by atoms with Crippen molar-refractivity contribution < 1.29 is 18.7 Å². The highest BCUT2D eigenvalue weighted by molar-refractivity contribution is 6.34. The van der Waals surface area contributed by atoms with Crippen LogP contribution >= 0.6 is 0 Å². The molecule has 0 bridgehead atoms. The Labute approximate surface area is 145 Å². The molecule has 2 aromatic carbocycles. The lowest BCUT2D eigenvalue weighted by Gasteiger charge is -2.16. The van der Waals surface area contributed by atoms with Crippen molar-refractivity contribution in [2.24, 2.45) is 0 Å². The van der Waals surface area contributed by atoms with Crippen molar-refractivity contribution in [3.63, 3.8) is 0 Å². The SMILES string of the molecule is CN(C)c1ccc(N2C(=O)c3ccc(OCCCF)cc3C2=O)cc1. The van der Waals surface area contributed by atoms with Gasteiger partial charge in [0.25, 0.3) is 11.8 Å². The van der Waals surface area contributed by atoms with E-state index in [1.54, 1.807) is 30.3 Å². The van der Waals surface area contributed by atoms with E-state index in [1.807, 2.05) is 31.1 Å². The van der Waals surface area contributed by atoms with Crippen LogP contribution in [0.15, 0.2) is 42.5 Å². The third-order valence-electron chi connectivity index (χ3n) is 4.03. The molecule has 3 rings (SSSR count). The molecular weight excluding hydrogens is 323 g/mol. The number of rotatable bonds is 6. The summed E-state index contributed by atoms with van der Waals surface area (Å²) in [6.45, 7) is -0.230. The molecule has 1 aliphatic rings. The Morgan fingerprint density at radius 2 is 1.68 bits per heavy atom. The second kappa shape index (κ2) is 6.93. The molecule has 2 amide bonds. The summed E-state index contributed by atoms with van der Waals surface area (Å²) in [5.41, 5.74) is 2.15. The number of amides is 2. The summed E-state index contributed by atoms with van der Waals surface area (Å²) >= 11 is 0. The number of anilines is 2. The van der Waals surface area contributed by atoms with Gasteiger partial charge in [0.2, 0.25) is 0 Å². The van der Waals surface area contributed by atoms with Crippen LogP contribution in [0.25, 0.3) is 0 Å². The number of benzene rings is 2. The maximum atomic E-state index is 12.7. The van der Waals surface area contributed by atoms with Gasteiger partial charge in [-0.25, -0.2) is 4.90 Å². The Morgan fingerprint density at radius 3 is 2.32 bits per heavy atom. The Morgan fingerprint density at radius 1 is 1.00 bits per heavy atom. The topological polar surface area (TPSA) is 49.9 Å². The molecule has 0 unspecified atom stereocenters. The van der Waals surface area contributed by atoms with Crippen LogP contribution in [0.2, 0.25) is 0 Å². The number of ether oxygens (including phenoxy) is 1. The highest BCUT2D eigenvalue weighted by atomic mass is 19.1. The van der Waals surface area contributed by atoms with E-state index in [2.05, 4.69) is 0 Å². The summed E-state index contributed by atoms with van der Waals surface area (Å²) in [7, 11) is 3.84. The van der Waals surface area contributed by atoms with Crippen molar-refractivity contribution in [2.45, 2.75) is 6.42 Å². The van der Waals surface area contributed by atoms with E-state index in [4.69, 9.17) is 4.74 Å². The molecule has 0 aliphatic carbocycles. The largest absolute Gasteiger partial charge is 0.493 e. The number of carbonyl (C=O) groups excluding carboxylic acids is 2. The van der Waals surface area contributed by atoms with Crippen LogP contribution < -0.4 is 14.5 Å². The van der Waals surface area contributed by atoms with Crippen LogP contribution in [-0.2, 0) is 0 Å². The van der Waals surface area contributed by atoms with E-state index < -0.39 is 6.67 Å². The summed E-state index contributed by atoms with van der Waals surface area (Å²) in [6.07, 6.45) is 0.286. The molecule has 6 heteroatoms. The zero-order valence-electron chi connectivity index (χ0n) is 14.2. The average molecular weight is 342 g/mol. The van der Waals surface area contributed by atoms with Crippen molar-refractivity contribution in [2.75, 3.05) is 37.2 Å². The maximum Gasteiger partial charge on any atom is 0.266 e. The van der Waals surface area contributed by atoms with Gasteiger partial charge in [0.05, 0.1) is 30.1 Å². The van der Waals surface area contributed by atoms with Crippen molar-refractivity contribution in [1.29, 1.82) is 0 Å². The molecule has 2 aromatic rings. The minimum atomic E-state index is -0.459. The maximum absolute atomic E-state index is 12.7. The molecule has 130 valence electrons. The summed E-state index contributed by atoms with van der Waals surface area (Å²) in [6, 6.07) is 11.9. The molecular formula is C19H19FN2O3. The highest BCUT2D eigenvalue weighted by Gasteiger charge is 2.36. The van der Waals surface area contributed by atoms with Gasteiger partial charge in [0.1, 0.15) is 5.75 Å². The molecule has 1 aliphatic heterocycles. The second-order valence-corrected chi connectivity index (χ2v) is 5.95. The average Bonchev–Trinajstić information content (AvgIpc) is 2.86. The third kappa shape index (κ3) is 3.20. The van der Waals surface area contributed by atoms with E-state index in [9.17, 15) is 14.0 Å². The zero-order chi connectivity index (χ0) is 18.0. The first kappa shape index (κ1) is 17.0. The fraction of sp³-hybridized carbons (Fsp3) is 0.263. The number of carbonyl (C=O) groups is 2. The first-order chi connectivity index (χ1) is 12.0. The van der Waals surface area contributed by atoms with Gasteiger partial charge >= 0.3 is 0 Å². The molecule has 0 atom stereocenters. The monoisotopic (exact) mass is 342 g/mol. The summed E-state index contributed by atoms with van der Waals surface area (Å²) < 4.78 is 17.6. The fourth-order valence-electron chi connectivity index (χ4n) is 2.69. The Balaban J connectivity index is 1.86. The van der Waals surface area contributed by atoms with Gasteiger partial charge in [-0.1, -0.05) is 0 Å². The normalized spacial score (nSPS) is 13.2. The molecule has 0 radical (unpaired) electrons. The lowest BCUT2D eigenvalue weighted by Crippen LogP contribution is -2.29. The van der Waals surface area contributed by atoms with Crippen molar-refractivity contribution in [1.82, 2.24) is 0 Å². The molecule has 0 saturated carbocycles. The number of nitrogens with zero attached hydrogens (tertiary/aromatic N) is 2. The van der Waals surface area contributed by atoms with Gasteiger partial charge < -0.3 is 9.64 Å². The Kier molecular flexibility index (Phi) is 4.70. The summed E-state index contributed by atoms with van der Waals surface area (Å²) in [5, 5.41) is 0. The molecule has 0 saturated heterocycles. The molecule has 0 spiro atoms. The van der Waals surface area contributed by atoms with Crippen LogP contribution in [0.1, 0.15) is 27.1 Å². The number of imide groups is 1. The van der Waals surface area contributed by atoms with E-state index in [0.29, 0.717) is 22.6 Å². The number of halogens is 1. The van der Waals surface area contributed by atoms with Gasteiger partial charge in [-0.15, -0.1) is 0 Å². The number of hydrogen-bond acceptors (Lipinski definition) is 4. The van der Waals surface area contributed by atoms with Crippen LogP contribution in [0, 0.1) is 0 Å². The minimum absolute atomic E-state index is 0.229. The summed E-state index contributed by atoms with van der Waals surface area (Å²) in [5.74, 6) is -0.278. The lowest BCUT2D eigenvalue weighted by molar-refractivity contribution is 0.0926. The Hall–Kier alpha value is -2.89. The number of fused-ring (bicyclic) bond motifs is 1. The zero-order valence-corrected chi connectivity index (χ0v) is 14.2. The predicted molar refractivity (Wildman–Crippen MR) is 94.4 cm³/mol. The highest BCUT2D eigenvalue weighted by Crippen LogP contribution is 2.31. The van der Waals surface area contributed by atoms with Crippen molar-refractivity contribution in [3.05, 3.63) is 53.6 Å². The standard InChI is InChI=1S/C19H19FN2O3/c1-21(2)13-4-6-14(7-5-13)22-18(23)16-9-8-15(25-11-3-10-20)12-17(16)19(22)24/h4-9,12H,3,10-11H2,1-2H3. The fourth-order valence-corrected chi connectivity index (χ4v) is 2.69. The van der Waals surface area contributed by atoms with Crippen LogP contribution in [0.5, 0.6) is 5.75 Å². The lowest BCUT2D eigenvalue weighted by atomic mass is 10.1. The number of alkyl halides is 1. The van der Waals surface area contributed by atoms with E-state index >= 15 is 0 Å². The third-order valence-corrected chi connectivity index (χ3v) is 4.03. The molecule has 25 heavy (non-hydrogen) atoms. The molecule has 0 fully saturated rings. The molecule has 1 heterocycles. The van der Waals surface area contributed by atoms with E-state index in [1.165, 1.54) is 0 Å². The van der Waals surface area contributed by atoms with Gasteiger partial charge in [0.15, 0.2) is 0 Å². The minimum Gasteiger partial charge on any atom is -0.493 e. The van der Waals surface area contributed by atoms with Crippen molar-refractivity contribution >= 4 is 23.2 Å². The Bertz CT molecular complexity index is 803. The summed E-state index contributed by atoms with van der Waals surface area (Å²) in [4.78, 5) is 28.4. The predicted octanol–water partition coefficient (Wildman–Crippen LogP) is 3.29. The molecule has 0 N–H and O–H groups in total. The van der Waals surface area contributed by atoms with Crippen LogP contribution in [0.4, 0.5) is 15.8 Å². The van der Waals surface area contributed by atoms with Crippen LogP contribution in [-0.4, -0.2) is 39.2 Å². The van der Waals surface area contributed by atoms with Gasteiger partial charge in [-0.2, -0.15) is 0 Å². The van der Waals surface area contributed by atoms with Crippen LogP contribution in [0.3, 0.4) is 0 Å². The second-order valence-electron chi connectivity index (χ2n) is 5.95. The quantitative estimate of drug-likeness (QED) is 0.597. The molecule has 0 aromatic heterocycles.